The minimum absolute atomic E-state index is 0.0991. The zero-order valence-electron chi connectivity index (χ0n) is 8.75. The Labute approximate surface area is 97.5 Å². The van der Waals surface area contributed by atoms with Gasteiger partial charge in [0, 0.05) is 5.56 Å². The number of hydrogen-bond acceptors (Lipinski definition) is 4. The first-order chi connectivity index (χ1) is 7.77. The van der Waals surface area contributed by atoms with Gasteiger partial charge in [-0.25, -0.2) is 4.98 Å². The third kappa shape index (κ3) is 2.49. The number of Topliss-reactive ketones (excluding diaryl/α,β-unsaturated/α-hetero) is 1. The molecule has 0 aliphatic carbocycles. The van der Waals surface area contributed by atoms with Crippen molar-refractivity contribution in [1.82, 2.24) is 15.2 Å². The summed E-state index contributed by atoms with van der Waals surface area (Å²) in [5.74, 6) is 0.0991. The van der Waals surface area contributed by atoms with Gasteiger partial charge in [-0.05, 0) is 6.92 Å². The minimum atomic E-state index is -0.171. The molecule has 16 heavy (non-hydrogen) atoms. The van der Waals surface area contributed by atoms with Gasteiger partial charge in [-0.15, -0.1) is 0 Å². The van der Waals surface area contributed by atoms with Crippen molar-refractivity contribution in [2.75, 3.05) is 0 Å². The van der Waals surface area contributed by atoms with Gasteiger partial charge < -0.3 is 0 Å². The topological polar surface area (TPSA) is 58.6 Å². The number of ketones is 1. The Bertz CT molecular complexity index is 455. The number of aromatic nitrogens is 3. The van der Waals surface area contributed by atoms with Crippen LogP contribution in [-0.4, -0.2) is 26.2 Å². The number of aromatic amines is 1. The SMILES string of the molecule is CC(Sc1ncn[nH]1)C(=O)c1ccccc1. The Morgan fingerprint density at radius 1 is 1.38 bits per heavy atom. The molecule has 1 aromatic heterocycles. The zero-order chi connectivity index (χ0) is 11.4. The summed E-state index contributed by atoms with van der Waals surface area (Å²) in [6.07, 6.45) is 1.43. The summed E-state index contributed by atoms with van der Waals surface area (Å²) in [6.45, 7) is 1.86. The Hall–Kier alpha value is -1.62. The van der Waals surface area contributed by atoms with Crippen molar-refractivity contribution in [2.45, 2.75) is 17.3 Å². The summed E-state index contributed by atoms with van der Waals surface area (Å²) in [7, 11) is 0. The molecule has 0 aliphatic heterocycles. The lowest BCUT2D eigenvalue weighted by Crippen LogP contribution is -2.13. The van der Waals surface area contributed by atoms with Crippen molar-refractivity contribution in [3.8, 4) is 0 Å². The van der Waals surface area contributed by atoms with Gasteiger partial charge in [0.05, 0.1) is 5.25 Å². The number of rotatable bonds is 4. The quantitative estimate of drug-likeness (QED) is 0.649. The Morgan fingerprint density at radius 3 is 2.75 bits per heavy atom. The summed E-state index contributed by atoms with van der Waals surface area (Å²) in [4.78, 5) is 16.0. The maximum Gasteiger partial charge on any atom is 0.184 e. The number of benzene rings is 1. The van der Waals surface area contributed by atoms with Gasteiger partial charge in [0.1, 0.15) is 6.33 Å². The number of carbonyl (C=O) groups is 1. The van der Waals surface area contributed by atoms with Crippen molar-refractivity contribution >= 4 is 17.5 Å². The van der Waals surface area contributed by atoms with Crippen molar-refractivity contribution in [1.29, 1.82) is 0 Å². The normalized spacial score (nSPS) is 12.3. The highest BCUT2D eigenvalue weighted by Gasteiger charge is 2.17. The molecule has 4 nitrogen and oxygen atoms in total. The van der Waals surface area contributed by atoms with E-state index >= 15 is 0 Å². The molecule has 0 saturated heterocycles. The van der Waals surface area contributed by atoms with Crippen molar-refractivity contribution in [3.63, 3.8) is 0 Å². The fraction of sp³-hybridized carbons (Fsp3) is 0.182. The van der Waals surface area contributed by atoms with E-state index in [1.165, 1.54) is 18.1 Å². The average Bonchev–Trinajstić information content (AvgIpc) is 2.82. The number of nitrogens with zero attached hydrogens (tertiary/aromatic N) is 2. The number of carbonyl (C=O) groups excluding carboxylic acids is 1. The van der Waals surface area contributed by atoms with Crippen LogP contribution in [-0.2, 0) is 0 Å². The molecule has 1 heterocycles. The molecule has 0 amide bonds. The third-order valence-corrected chi connectivity index (χ3v) is 3.10. The first-order valence-corrected chi connectivity index (χ1v) is 5.76. The van der Waals surface area contributed by atoms with Crippen molar-refractivity contribution in [3.05, 3.63) is 42.2 Å². The predicted octanol–water partition coefficient (Wildman–Crippen LogP) is 2.17. The van der Waals surface area contributed by atoms with Crippen LogP contribution >= 0.6 is 11.8 Å². The van der Waals surface area contributed by atoms with Gasteiger partial charge >= 0.3 is 0 Å². The molecule has 82 valence electrons. The lowest BCUT2D eigenvalue weighted by Gasteiger charge is -2.07. The minimum Gasteiger partial charge on any atom is -0.293 e. The van der Waals surface area contributed by atoms with E-state index in [9.17, 15) is 4.79 Å². The van der Waals surface area contributed by atoms with Gasteiger partial charge in [0.25, 0.3) is 0 Å². The van der Waals surface area contributed by atoms with E-state index < -0.39 is 0 Å². The maximum atomic E-state index is 12.0. The summed E-state index contributed by atoms with van der Waals surface area (Å²) < 4.78 is 0. The van der Waals surface area contributed by atoms with Crippen LogP contribution in [0, 0.1) is 0 Å². The molecule has 0 radical (unpaired) electrons. The fourth-order valence-corrected chi connectivity index (χ4v) is 2.10. The van der Waals surface area contributed by atoms with E-state index in [1.54, 1.807) is 0 Å². The highest BCUT2D eigenvalue weighted by molar-refractivity contribution is 8.00. The van der Waals surface area contributed by atoms with Crippen molar-refractivity contribution in [2.24, 2.45) is 0 Å². The van der Waals surface area contributed by atoms with E-state index in [-0.39, 0.29) is 11.0 Å². The second-order valence-electron chi connectivity index (χ2n) is 3.28. The van der Waals surface area contributed by atoms with Gasteiger partial charge in [0.15, 0.2) is 10.9 Å². The molecule has 1 aromatic carbocycles. The molecule has 0 bridgehead atoms. The van der Waals surface area contributed by atoms with Crippen LogP contribution in [0.4, 0.5) is 0 Å². The second-order valence-corrected chi connectivity index (χ2v) is 4.61. The summed E-state index contributed by atoms with van der Waals surface area (Å²) in [5, 5.41) is 6.96. The number of thioether (sulfide) groups is 1. The van der Waals surface area contributed by atoms with Crippen LogP contribution in [0.15, 0.2) is 41.8 Å². The number of hydrogen-bond donors (Lipinski definition) is 1. The van der Waals surface area contributed by atoms with Crippen LogP contribution in [0.5, 0.6) is 0 Å². The molecule has 5 heteroatoms. The van der Waals surface area contributed by atoms with E-state index in [4.69, 9.17) is 0 Å². The molecule has 1 unspecified atom stereocenters. The molecule has 2 aromatic rings. The number of H-pyrrole nitrogens is 1. The third-order valence-electron chi connectivity index (χ3n) is 2.11. The van der Waals surface area contributed by atoms with Crippen LogP contribution in [0.3, 0.4) is 0 Å². The Kier molecular flexibility index (Phi) is 3.36. The average molecular weight is 233 g/mol. The fourth-order valence-electron chi connectivity index (χ4n) is 1.31. The van der Waals surface area contributed by atoms with Gasteiger partial charge in [-0.2, -0.15) is 5.10 Å². The van der Waals surface area contributed by atoms with Crippen LogP contribution in [0.25, 0.3) is 0 Å². The first-order valence-electron chi connectivity index (χ1n) is 4.88. The van der Waals surface area contributed by atoms with Crippen LogP contribution < -0.4 is 0 Å². The molecule has 0 spiro atoms. The van der Waals surface area contributed by atoms with E-state index in [1.807, 2.05) is 37.3 Å². The van der Waals surface area contributed by atoms with Gasteiger partial charge in [-0.3, -0.25) is 9.89 Å². The lowest BCUT2D eigenvalue weighted by molar-refractivity contribution is 0.0994. The highest BCUT2D eigenvalue weighted by atomic mass is 32.2. The molecular weight excluding hydrogens is 222 g/mol. The van der Waals surface area contributed by atoms with E-state index in [0.717, 1.165) is 5.56 Å². The largest absolute Gasteiger partial charge is 0.293 e. The monoisotopic (exact) mass is 233 g/mol. The predicted molar refractivity (Wildman–Crippen MR) is 62.5 cm³/mol. The van der Waals surface area contributed by atoms with Gasteiger partial charge in [-0.1, -0.05) is 42.1 Å². The van der Waals surface area contributed by atoms with Gasteiger partial charge in [0.2, 0.25) is 0 Å². The summed E-state index contributed by atoms with van der Waals surface area (Å²) in [6, 6.07) is 9.25. The molecule has 0 aliphatic rings. The molecule has 0 fully saturated rings. The standard InChI is InChI=1S/C11H11N3OS/c1-8(16-11-12-7-13-14-11)10(15)9-5-3-2-4-6-9/h2-8H,1H3,(H,12,13,14). The van der Waals surface area contributed by atoms with Crippen LogP contribution in [0.2, 0.25) is 0 Å². The Balaban J connectivity index is 2.05. The second kappa shape index (κ2) is 4.94. The summed E-state index contributed by atoms with van der Waals surface area (Å²) >= 11 is 1.37. The lowest BCUT2D eigenvalue weighted by atomic mass is 10.1. The first kappa shape index (κ1) is 10.9. The number of nitrogens with one attached hydrogen (secondary N) is 1. The molecular formula is C11H11N3OS. The molecule has 1 N–H and O–H groups in total. The van der Waals surface area contributed by atoms with Crippen LogP contribution in [0.1, 0.15) is 17.3 Å². The highest BCUT2D eigenvalue weighted by Crippen LogP contribution is 2.21. The molecule has 1 atom stereocenters. The zero-order valence-corrected chi connectivity index (χ0v) is 9.57. The smallest absolute Gasteiger partial charge is 0.184 e. The molecule has 0 saturated carbocycles. The van der Waals surface area contributed by atoms with E-state index in [0.29, 0.717) is 5.16 Å². The summed E-state index contributed by atoms with van der Waals surface area (Å²) in [5.41, 5.74) is 0.724. The molecule has 2 rings (SSSR count). The Morgan fingerprint density at radius 2 is 2.12 bits per heavy atom. The maximum absolute atomic E-state index is 12.0. The van der Waals surface area contributed by atoms with E-state index in [2.05, 4.69) is 15.2 Å². The van der Waals surface area contributed by atoms with Crippen molar-refractivity contribution < 1.29 is 4.79 Å².